The summed E-state index contributed by atoms with van der Waals surface area (Å²) in [6, 6.07) is 0. The minimum atomic E-state index is 0.499. The van der Waals surface area contributed by atoms with E-state index in [0.29, 0.717) is 5.41 Å². The zero-order valence-corrected chi connectivity index (χ0v) is 9.53. The second kappa shape index (κ2) is 4.03. The van der Waals surface area contributed by atoms with Gasteiger partial charge >= 0.3 is 0 Å². The Hall–Kier alpha value is -0.350. The first kappa shape index (κ1) is 10.2. The predicted octanol–water partition coefficient (Wildman–Crippen LogP) is 0.993. The number of thiocarbonyl (C=S) groups is 1. The Morgan fingerprint density at radius 1 is 1.36 bits per heavy atom. The standard InChI is InChI=1S/C10H18N2OS/c1-11-9(14)12-5-2-10(8-12)3-6-13-7-4-10/h2-8H2,1H3,(H,11,14). The van der Waals surface area contributed by atoms with Crippen molar-refractivity contribution in [3.05, 3.63) is 0 Å². The molecule has 1 N–H and O–H groups in total. The van der Waals surface area contributed by atoms with Gasteiger partial charge in [0.1, 0.15) is 0 Å². The van der Waals surface area contributed by atoms with Crippen molar-refractivity contribution >= 4 is 17.3 Å². The van der Waals surface area contributed by atoms with Crippen molar-refractivity contribution in [3.63, 3.8) is 0 Å². The van der Waals surface area contributed by atoms with E-state index in [9.17, 15) is 0 Å². The molecule has 0 aromatic heterocycles. The maximum atomic E-state index is 5.41. The van der Waals surface area contributed by atoms with Crippen LogP contribution in [0.4, 0.5) is 0 Å². The number of likely N-dealkylation sites (tertiary alicyclic amines) is 1. The summed E-state index contributed by atoms with van der Waals surface area (Å²) in [6.07, 6.45) is 3.68. The monoisotopic (exact) mass is 214 g/mol. The van der Waals surface area contributed by atoms with Crippen molar-refractivity contribution < 1.29 is 4.74 Å². The number of ether oxygens (including phenoxy) is 1. The molecule has 0 amide bonds. The van der Waals surface area contributed by atoms with E-state index in [0.717, 1.165) is 31.4 Å². The molecular formula is C10H18N2OS. The highest BCUT2D eigenvalue weighted by molar-refractivity contribution is 7.80. The van der Waals surface area contributed by atoms with E-state index < -0.39 is 0 Å². The number of hydrogen-bond acceptors (Lipinski definition) is 2. The van der Waals surface area contributed by atoms with Gasteiger partial charge in [-0.25, -0.2) is 0 Å². The quantitative estimate of drug-likeness (QED) is 0.608. The van der Waals surface area contributed by atoms with Crippen molar-refractivity contribution in [2.45, 2.75) is 19.3 Å². The molecule has 0 unspecified atom stereocenters. The highest BCUT2D eigenvalue weighted by Gasteiger charge is 2.39. The van der Waals surface area contributed by atoms with E-state index in [2.05, 4.69) is 10.2 Å². The van der Waals surface area contributed by atoms with Crippen LogP contribution in [-0.4, -0.2) is 43.4 Å². The lowest BCUT2D eigenvalue weighted by molar-refractivity contribution is 0.0219. The van der Waals surface area contributed by atoms with Gasteiger partial charge in [-0.1, -0.05) is 0 Å². The fourth-order valence-corrected chi connectivity index (χ4v) is 2.63. The molecule has 0 atom stereocenters. The molecule has 0 saturated carbocycles. The summed E-state index contributed by atoms with van der Waals surface area (Å²) in [5.74, 6) is 0. The number of hydrogen-bond donors (Lipinski definition) is 1. The molecule has 4 heteroatoms. The number of nitrogens with one attached hydrogen (secondary N) is 1. The number of rotatable bonds is 0. The summed E-state index contributed by atoms with van der Waals surface area (Å²) >= 11 is 5.25. The van der Waals surface area contributed by atoms with Crippen LogP contribution in [0, 0.1) is 5.41 Å². The van der Waals surface area contributed by atoms with E-state index in [1.54, 1.807) is 0 Å². The van der Waals surface area contributed by atoms with Gasteiger partial charge in [0.15, 0.2) is 5.11 Å². The van der Waals surface area contributed by atoms with Crippen molar-refractivity contribution in [2.24, 2.45) is 5.41 Å². The highest BCUT2D eigenvalue weighted by Crippen LogP contribution is 2.39. The molecule has 2 aliphatic rings. The molecule has 80 valence electrons. The lowest BCUT2D eigenvalue weighted by Crippen LogP contribution is -2.39. The van der Waals surface area contributed by atoms with Crippen molar-refractivity contribution in [1.29, 1.82) is 0 Å². The smallest absolute Gasteiger partial charge is 0.168 e. The van der Waals surface area contributed by atoms with Gasteiger partial charge in [-0.2, -0.15) is 0 Å². The summed E-state index contributed by atoms with van der Waals surface area (Å²) < 4.78 is 5.41. The molecule has 0 aliphatic carbocycles. The minimum absolute atomic E-state index is 0.499. The Morgan fingerprint density at radius 3 is 2.71 bits per heavy atom. The first-order chi connectivity index (χ1) is 6.76. The van der Waals surface area contributed by atoms with E-state index >= 15 is 0 Å². The van der Waals surface area contributed by atoms with Crippen molar-refractivity contribution in [2.75, 3.05) is 33.4 Å². The third kappa shape index (κ3) is 1.86. The first-order valence-corrected chi connectivity index (χ1v) is 5.71. The van der Waals surface area contributed by atoms with E-state index in [1.165, 1.54) is 19.3 Å². The molecule has 1 spiro atoms. The van der Waals surface area contributed by atoms with Gasteiger partial charge in [0.25, 0.3) is 0 Å². The summed E-state index contributed by atoms with van der Waals surface area (Å²) in [5.41, 5.74) is 0.499. The van der Waals surface area contributed by atoms with Gasteiger partial charge < -0.3 is 15.0 Å². The van der Waals surface area contributed by atoms with Gasteiger partial charge in [0.2, 0.25) is 0 Å². The average Bonchev–Trinajstić information content (AvgIpc) is 2.62. The number of nitrogens with zero attached hydrogens (tertiary/aromatic N) is 1. The van der Waals surface area contributed by atoms with Gasteiger partial charge in [-0.15, -0.1) is 0 Å². The summed E-state index contributed by atoms with van der Waals surface area (Å²) in [6.45, 7) is 4.09. The molecule has 2 rings (SSSR count). The Bertz CT molecular complexity index is 226. The Balaban J connectivity index is 1.95. The fraction of sp³-hybridized carbons (Fsp3) is 0.900. The van der Waals surface area contributed by atoms with Crippen LogP contribution >= 0.6 is 12.2 Å². The Labute approximate surface area is 90.8 Å². The molecule has 2 aliphatic heterocycles. The molecular weight excluding hydrogens is 196 g/mol. The zero-order valence-electron chi connectivity index (χ0n) is 8.71. The van der Waals surface area contributed by atoms with Crippen LogP contribution in [0.3, 0.4) is 0 Å². The largest absolute Gasteiger partial charge is 0.381 e. The molecule has 2 heterocycles. The summed E-state index contributed by atoms with van der Waals surface area (Å²) in [4.78, 5) is 2.29. The molecule has 0 radical (unpaired) electrons. The van der Waals surface area contributed by atoms with Crippen LogP contribution in [0.15, 0.2) is 0 Å². The highest BCUT2D eigenvalue weighted by atomic mass is 32.1. The fourth-order valence-electron chi connectivity index (χ4n) is 2.48. The zero-order chi connectivity index (χ0) is 10.0. The van der Waals surface area contributed by atoms with Crippen LogP contribution in [0.25, 0.3) is 0 Å². The molecule has 0 bridgehead atoms. The maximum absolute atomic E-state index is 5.41. The molecule has 14 heavy (non-hydrogen) atoms. The van der Waals surface area contributed by atoms with Crippen LogP contribution in [0.1, 0.15) is 19.3 Å². The topological polar surface area (TPSA) is 24.5 Å². The van der Waals surface area contributed by atoms with Crippen LogP contribution < -0.4 is 5.32 Å². The van der Waals surface area contributed by atoms with Crippen LogP contribution in [0.5, 0.6) is 0 Å². The molecule has 0 aromatic rings. The minimum Gasteiger partial charge on any atom is -0.381 e. The van der Waals surface area contributed by atoms with Crippen LogP contribution in [0.2, 0.25) is 0 Å². The lowest BCUT2D eigenvalue weighted by atomic mass is 9.80. The average molecular weight is 214 g/mol. The van der Waals surface area contributed by atoms with E-state index in [1.807, 2.05) is 7.05 Å². The summed E-state index contributed by atoms with van der Waals surface area (Å²) in [7, 11) is 1.90. The van der Waals surface area contributed by atoms with E-state index in [-0.39, 0.29) is 0 Å². The third-order valence-electron chi connectivity index (χ3n) is 3.49. The van der Waals surface area contributed by atoms with E-state index in [4.69, 9.17) is 17.0 Å². The molecule has 3 nitrogen and oxygen atoms in total. The second-order valence-electron chi connectivity index (χ2n) is 4.34. The van der Waals surface area contributed by atoms with Crippen molar-refractivity contribution in [3.8, 4) is 0 Å². The summed E-state index contributed by atoms with van der Waals surface area (Å²) in [5, 5.41) is 3.95. The Kier molecular flexibility index (Phi) is 2.93. The van der Waals surface area contributed by atoms with Gasteiger partial charge in [-0.3, -0.25) is 0 Å². The van der Waals surface area contributed by atoms with Crippen molar-refractivity contribution in [1.82, 2.24) is 10.2 Å². The van der Waals surface area contributed by atoms with Gasteiger partial charge in [0.05, 0.1) is 0 Å². The lowest BCUT2D eigenvalue weighted by Gasteiger charge is -2.33. The first-order valence-electron chi connectivity index (χ1n) is 5.30. The van der Waals surface area contributed by atoms with Gasteiger partial charge in [0, 0.05) is 33.4 Å². The molecule has 0 aromatic carbocycles. The van der Waals surface area contributed by atoms with Crippen LogP contribution in [-0.2, 0) is 4.74 Å². The van der Waals surface area contributed by atoms with Gasteiger partial charge in [-0.05, 0) is 36.9 Å². The predicted molar refractivity (Wildman–Crippen MR) is 60.3 cm³/mol. The SMILES string of the molecule is CNC(=S)N1CCC2(CCOCC2)C1. The second-order valence-corrected chi connectivity index (χ2v) is 4.73. The Morgan fingerprint density at radius 2 is 2.07 bits per heavy atom. The normalized spacial score (nSPS) is 25.4. The maximum Gasteiger partial charge on any atom is 0.168 e. The molecule has 2 fully saturated rings. The molecule has 2 saturated heterocycles. The third-order valence-corrected chi connectivity index (χ3v) is 3.96.